The van der Waals surface area contributed by atoms with Crippen LogP contribution in [0.25, 0.3) is 0 Å². The van der Waals surface area contributed by atoms with Gasteiger partial charge in [-0.3, -0.25) is 9.59 Å². The van der Waals surface area contributed by atoms with Crippen LogP contribution in [-0.2, 0) is 9.59 Å². The van der Waals surface area contributed by atoms with Gasteiger partial charge in [-0.25, -0.2) is 0 Å². The summed E-state index contributed by atoms with van der Waals surface area (Å²) in [7, 11) is 0. The van der Waals surface area contributed by atoms with E-state index in [1.165, 1.54) is 38.3 Å². The summed E-state index contributed by atoms with van der Waals surface area (Å²) in [5, 5.41) is 2.95. The first-order chi connectivity index (χ1) is 11.6. The minimum absolute atomic E-state index is 0.0448. The summed E-state index contributed by atoms with van der Waals surface area (Å²) in [6, 6.07) is 7.70. The molecule has 1 aromatic rings. The van der Waals surface area contributed by atoms with Crippen molar-refractivity contribution in [3.05, 3.63) is 24.3 Å². The van der Waals surface area contributed by atoms with Crippen LogP contribution < -0.4 is 10.2 Å². The SMILES string of the molecule is CC(=O)N1CSC[C@H]1C(=O)Nc1ccc(N2CCCCCC2)cc1. The highest BCUT2D eigenvalue weighted by Crippen LogP contribution is 2.24. The first-order valence-electron chi connectivity index (χ1n) is 8.66. The Labute approximate surface area is 147 Å². The molecule has 0 spiro atoms. The van der Waals surface area contributed by atoms with Crippen molar-refractivity contribution in [1.82, 2.24) is 4.90 Å². The zero-order valence-corrected chi connectivity index (χ0v) is 15.0. The highest BCUT2D eigenvalue weighted by atomic mass is 32.2. The van der Waals surface area contributed by atoms with Crippen LogP contribution in [0.1, 0.15) is 32.6 Å². The molecular weight excluding hydrogens is 322 g/mol. The molecule has 24 heavy (non-hydrogen) atoms. The third-order valence-electron chi connectivity index (χ3n) is 4.70. The maximum atomic E-state index is 12.4. The molecule has 0 saturated carbocycles. The molecule has 2 heterocycles. The van der Waals surface area contributed by atoms with E-state index in [-0.39, 0.29) is 17.9 Å². The lowest BCUT2D eigenvalue weighted by Crippen LogP contribution is -2.43. The Morgan fingerprint density at radius 1 is 1.08 bits per heavy atom. The molecule has 130 valence electrons. The largest absolute Gasteiger partial charge is 0.372 e. The van der Waals surface area contributed by atoms with E-state index in [1.54, 1.807) is 16.7 Å². The van der Waals surface area contributed by atoms with Crippen LogP contribution in [0.4, 0.5) is 11.4 Å². The molecule has 1 atom stereocenters. The number of anilines is 2. The second kappa shape index (κ2) is 7.92. The molecule has 1 N–H and O–H groups in total. The first-order valence-corrected chi connectivity index (χ1v) is 9.81. The molecule has 0 unspecified atom stereocenters. The second-order valence-electron chi connectivity index (χ2n) is 6.44. The van der Waals surface area contributed by atoms with Crippen molar-refractivity contribution < 1.29 is 9.59 Å². The number of amides is 2. The van der Waals surface area contributed by atoms with Gasteiger partial charge >= 0.3 is 0 Å². The summed E-state index contributed by atoms with van der Waals surface area (Å²) in [5.41, 5.74) is 2.01. The van der Waals surface area contributed by atoms with E-state index < -0.39 is 0 Å². The summed E-state index contributed by atoms with van der Waals surface area (Å²) in [5.74, 6) is 1.12. The Bertz CT molecular complexity index is 582. The fourth-order valence-electron chi connectivity index (χ4n) is 3.28. The van der Waals surface area contributed by atoms with Gasteiger partial charge in [-0.1, -0.05) is 12.8 Å². The smallest absolute Gasteiger partial charge is 0.248 e. The van der Waals surface area contributed by atoms with Gasteiger partial charge < -0.3 is 15.1 Å². The van der Waals surface area contributed by atoms with Crippen LogP contribution in [0.3, 0.4) is 0 Å². The second-order valence-corrected chi connectivity index (χ2v) is 7.44. The predicted molar refractivity (Wildman–Crippen MR) is 99.4 cm³/mol. The highest BCUT2D eigenvalue weighted by molar-refractivity contribution is 7.99. The number of hydrogen-bond acceptors (Lipinski definition) is 4. The van der Waals surface area contributed by atoms with Crippen LogP contribution >= 0.6 is 11.8 Å². The van der Waals surface area contributed by atoms with Crippen LogP contribution in [0.15, 0.2) is 24.3 Å². The van der Waals surface area contributed by atoms with E-state index in [1.807, 2.05) is 12.1 Å². The van der Waals surface area contributed by atoms with Crippen molar-refractivity contribution in [2.75, 3.05) is 34.9 Å². The Morgan fingerprint density at radius 3 is 2.38 bits per heavy atom. The van der Waals surface area contributed by atoms with E-state index in [9.17, 15) is 9.59 Å². The standard InChI is InChI=1S/C18H25N3O2S/c1-14(22)21-13-24-12-17(21)18(23)19-15-6-8-16(9-7-15)20-10-4-2-3-5-11-20/h6-9,17H,2-5,10-13H2,1H3,(H,19,23)/t17-/m0/s1. The fraction of sp³-hybridized carbons (Fsp3) is 0.556. The predicted octanol–water partition coefficient (Wildman–Crippen LogP) is 2.93. The number of nitrogens with one attached hydrogen (secondary N) is 1. The van der Waals surface area contributed by atoms with Crippen LogP contribution in [0.5, 0.6) is 0 Å². The lowest BCUT2D eigenvalue weighted by molar-refractivity contribution is -0.134. The van der Waals surface area contributed by atoms with Crippen LogP contribution in [-0.4, -0.2) is 47.5 Å². The summed E-state index contributed by atoms with van der Waals surface area (Å²) in [4.78, 5) is 28.1. The molecule has 5 nitrogen and oxygen atoms in total. The number of thioether (sulfide) groups is 1. The van der Waals surface area contributed by atoms with Crippen molar-refractivity contribution >= 4 is 35.0 Å². The zero-order chi connectivity index (χ0) is 16.9. The summed E-state index contributed by atoms with van der Waals surface area (Å²) < 4.78 is 0. The lowest BCUT2D eigenvalue weighted by Gasteiger charge is -2.23. The quantitative estimate of drug-likeness (QED) is 0.913. The van der Waals surface area contributed by atoms with Gasteiger partial charge in [0.2, 0.25) is 11.8 Å². The van der Waals surface area contributed by atoms with Gasteiger partial charge in [0.1, 0.15) is 6.04 Å². The maximum absolute atomic E-state index is 12.4. The average Bonchev–Trinajstić information content (AvgIpc) is 2.92. The Hall–Kier alpha value is -1.69. The molecule has 0 bridgehead atoms. The highest BCUT2D eigenvalue weighted by Gasteiger charge is 2.32. The third kappa shape index (κ3) is 4.04. The molecule has 0 aliphatic carbocycles. The Kier molecular flexibility index (Phi) is 5.66. The number of rotatable bonds is 3. The minimum atomic E-state index is -0.363. The maximum Gasteiger partial charge on any atom is 0.248 e. The fourth-order valence-corrected chi connectivity index (χ4v) is 4.50. The minimum Gasteiger partial charge on any atom is -0.372 e. The number of nitrogens with zero attached hydrogens (tertiary/aromatic N) is 2. The Balaban J connectivity index is 1.61. The van der Waals surface area contributed by atoms with E-state index in [0.717, 1.165) is 18.8 Å². The normalized spacial score (nSPS) is 21.5. The van der Waals surface area contributed by atoms with Gasteiger partial charge in [0.25, 0.3) is 0 Å². The zero-order valence-electron chi connectivity index (χ0n) is 14.2. The number of carbonyl (C=O) groups is 2. The van der Waals surface area contributed by atoms with E-state index in [4.69, 9.17) is 0 Å². The third-order valence-corrected chi connectivity index (χ3v) is 5.71. The molecule has 3 rings (SSSR count). The van der Waals surface area contributed by atoms with E-state index in [2.05, 4.69) is 22.3 Å². The lowest BCUT2D eigenvalue weighted by atomic mass is 10.2. The van der Waals surface area contributed by atoms with Gasteiger partial charge in [-0.15, -0.1) is 11.8 Å². The summed E-state index contributed by atoms with van der Waals surface area (Å²) in [6.07, 6.45) is 5.13. The van der Waals surface area contributed by atoms with Crippen molar-refractivity contribution in [3.8, 4) is 0 Å². The summed E-state index contributed by atoms with van der Waals surface area (Å²) in [6.45, 7) is 3.74. The van der Waals surface area contributed by atoms with Gasteiger partial charge in [-0.2, -0.15) is 0 Å². The number of benzene rings is 1. The molecule has 2 aliphatic rings. The topological polar surface area (TPSA) is 52.7 Å². The van der Waals surface area contributed by atoms with Crippen molar-refractivity contribution in [3.63, 3.8) is 0 Å². The molecule has 2 amide bonds. The van der Waals surface area contributed by atoms with Crippen LogP contribution in [0.2, 0.25) is 0 Å². The molecule has 2 fully saturated rings. The molecule has 0 aromatic heterocycles. The molecular formula is C18H25N3O2S. The van der Waals surface area contributed by atoms with Crippen molar-refractivity contribution in [2.24, 2.45) is 0 Å². The molecule has 6 heteroatoms. The van der Waals surface area contributed by atoms with Gasteiger partial charge in [-0.05, 0) is 37.1 Å². The van der Waals surface area contributed by atoms with E-state index >= 15 is 0 Å². The van der Waals surface area contributed by atoms with E-state index in [0.29, 0.717) is 11.6 Å². The van der Waals surface area contributed by atoms with Crippen molar-refractivity contribution in [1.29, 1.82) is 0 Å². The molecule has 2 saturated heterocycles. The monoisotopic (exact) mass is 347 g/mol. The molecule has 2 aliphatic heterocycles. The van der Waals surface area contributed by atoms with Crippen LogP contribution in [0, 0.1) is 0 Å². The molecule has 1 aromatic carbocycles. The van der Waals surface area contributed by atoms with Crippen molar-refractivity contribution in [2.45, 2.75) is 38.6 Å². The average molecular weight is 347 g/mol. The van der Waals surface area contributed by atoms with Gasteiger partial charge in [0, 0.05) is 37.1 Å². The first kappa shape index (κ1) is 17.1. The number of hydrogen-bond donors (Lipinski definition) is 1. The van der Waals surface area contributed by atoms with Gasteiger partial charge in [0.15, 0.2) is 0 Å². The Morgan fingerprint density at radius 2 is 1.75 bits per heavy atom. The molecule has 0 radical (unpaired) electrons. The summed E-state index contributed by atoms with van der Waals surface area (Å²) >= 11 is 1.62. The van der Waals surface area contributed by atoms with Gasteiger partial charge in [0.05, 0.1) is 5.88 Å². The number of carbonyl (C=O) groups excluding carboxylic acids is 2.